The van der Waals surface area contributed by atoms with Crippen LogP contribution in [0.2, 0.25) is 0 Å². The van der Waals surface area contributed by atoms with Gasteiger partial charge < -0.3 is 5.32 Å². The van der Waals surface area contributed by atoms with E-state index in [1.165, 1.54) is 10.5 Å². The molecule has 0 bridgehead atoms. The third-order valence-electron chi connectivity index (χ3n) is 4.98. The Hall–Kier alpha value is -1.39. The summed E-state index contributed by atoms with van der Waals surface area (Å²) in [7, 11) is 0. The number of nitrogens with one attached hydrogen (secondary N) is 1. The van der Waals surface area contributed by atoms with Crippen molar-refractivity contribution in [2.24, 2.45) is 0 Å². The van der Waals surface area contributed by atoms with Crippen molar-refractivity contribution in [2.45, 2.75) is 44.4 Å². The molecule has 1 spiro atoms. The Morgan fingerprint density at radius 1 is 1.26 bits per heavy atom. The number of likely N-dealkylation sites (tertiary alicyclic amines) is 1. The third kappa shape index (κ3) is 3.15. The van der Waals surface area contributed by atoms with Crippen LogP contribution >= 0.6 is 12.4 Å². The number of imide groups is 1. The highest BCUT2D eigenvalue weighted by Crippen LogP contribution is 2.45. The molecule has 1 aromatic rings. The van der Waals surface area contributed by atoms with Gasteiger partial charge in [0.25, 0.3) is 0 Å². The number of rotatable bonds is 5. The maximum Gasteiger partial charge on any atom is 0.240 e. The molecule has 2 aliphatic rings. The summed E-state index contributed by atoms with van der Waals surface area (Å²) in [6.45, 7) is 4.35. The van der Waals surface area contributed by atoms with E-state index in [1.54, 1.807) is 0 Å². The van der Waals surface area contributed by atoms with Gasteiger partial charge in [-0.1, -0.05) is 31.2 Å². The molecule has 1 heterocycles. The lowest BCUT2D eigenvalue weighted by atomic mass is 9.69. The summed E-state index contributed by atoms with van der Waals surface area (Å²) in [6, 6.07) is 8.15. The molecule has 1 atom stereocenters. The quantitative estimate of drug-likeness (QED) is 0.663. The van der Waals surface area contributed by atoms with Gasteiger partial charge in [0.15, 0.2) is 0 Å². The van der Waals surface area contributed by atoms with Crippen LogP contribution in [0.4, 0.5) is 0 Å². The van der Waals surface area contributed by atoms with Crippen molar-refractivity contribution in [2.75, 3.05) is 19.6 Å². The first kappa shape index (κ1) is 18.0. The van der Waals surface area contributed by atoms with Crippen LogP contribution in [0.1, 0.15) is 43.7 Å². The molecule has 5 heteroatoms. The number of carbonyl (C=O) groups is 2. The van der Waals surface area contributed by atoms with E-state index in [9.17, 15) is 9.59 Å². The summed E-state index contributed by atoms with van der Waals surface area (Å²) in [5, 5.41) is 3.24. The molecule has 1 aliphatic carbocycles. The number of halogens is 1. The number of fused-ring (bicyclic) bond motifs is 2. The van der Waals surface area contributed by atoms with E-state index in [0.29, 0.717) is 13.0 Å². The lowest BCUT2D eigenvalue weighted by Gasteiger charge is -2.33. The maximum atomic E-state index is 13.0. The minimum atomic E-state index is -0.579. The fraction of sp³-hybridized carbons (Fsp3) is 0.556. The molecular weight excluding hydrogens is 312 g/mol. The fourth-order valence-electron chi connectivity index (χ4n) is 3.89. The molecule has 1 N–H and O–H groups in total. The molecule has 3 rings (SSSR count). The minimum Gasteiger partial charge on any atom is -0.317 e. The number of amides is 2. The number of benzene rings is 1. The first-order chi connectivity index (χ1) is 10.7. The Bertz CT molecular complexity index is 590. The molecule has 1 aromatic carbocycles. The molecular formula is C18H25ClN2O2. The van der Waals surface area contributed by atoms with Gasteiger partial charge in [0, 0.05) is 13.0 Å². The second-order valence-electron chi connectivity index (χ2n) is 6.33. The van der Waals surface area contributed by atoms with Crippen molar-refractivity contribution in [3.8, 4) is 0 Å². The molecule has 2 amide bonds. The minimum absolute atomic E-state index is 0. The summed E-state index contributed by atoms with van der Waals surface area (Å²) < 4.78 is 0. The lowest BCUT2D eigenvalue weighted by molar-refractivity contribution is -0.140. The van der Waals surface area contributed by atoms with Crippen LogP contribution in [-0.2, 0) is 21.4 Å². The summed E-state index contributed by atoms with van der Waals surface area (Å²) in [5.41, 5.74) is 1.75. The zero-order chi connectivity index (χ0) is 15.6. The summed E-state index contributed by atoms with van der Waals surface area (Å²) in [5.74, 6) is 0.0272. The van der Waals surface area contributed by atoms with E-state index >= 15 is 0 Å². The maximum absolute atomic E-state index is 13.0. The molecule has 1 saturated heterocycles. The standard InChI is InChI=1S/C18H24N2O2.ClH/c1-2-19-11-6-12-20-16(21)13-18(17(20)22)10-5-8-14-7-3-4-9-15(14)18;/h3-4,7,9,19H,2,5-6,8,10-13H2,1H3;1H. The van der Waals surface area contributed by atoms with E-state index in [1.807, 2.05) is 18.2 Å². The smallest absolute Gasteiger partial charge is 0.240 e. The molecule has 1 fully saturated rings. The SMILES string of the molecule is CCNCCCN1C(=O)CC2(CCCc3ccccc32)C1=O.Cl. The average molecular weight is 337 g/mol. The van der Waals surface area contributed by atoms with Crippen molar-refractivity contribution < 1.29 is 9.59 Å². The van der Waals surface area contributed by atoms with Crippen LogP contribution < -0.4 is 5.32 Å². The highest BCUT2D eigenvalue weighted by atomic mass is 35.5. The highest BCUT2D eigenvalue weighted by molar-refractivity contribution is 6.09. The zero-order valence-corrected chi connectivity index (χ0v) is 14.5. The Balaban J connectivity index is 0.00000192. The van der Waals surface area contributed by atoms with Gasteiger partial charge in [-0.2, -0.15) is 0 Å². The van der Waals surface area contributed by atoms with Gasteiger partial charge in [0.2, 0.25) is 11.8 Å². The number of hydrogen-bond donors (Lipinski definition) is 1. The number of nitrogens with zero attached hydrogens (tertiary/aromatic N) is 1. The Kier molecular flexibility index (Phi) is 5.82. The number of hydrogen-bond acceptors (Lipinski definition) is 3. The molecule has 0 aromatic heterocycles. The van der Waals surface area contributed by atoms with Crippen molar-refractivity contribution in [3.05, 3.63) is 35.4 Å². The summed E-state index contributed by atoms with van der Waals surface area (Å²) >= 11 is 0. The molecule has 23 heavy (non-hydrogen) atoms. The van der Waals surface area contributed by atoms with Crippen LogP contribution in [0.25, 0.3) is 0 Å². The number of carbonyl (C=O) groups excluding carboxylic acids is 2. The lowest BCUT2D eigenvalue weighted by Crippen LogP contribution is -2.41. The van der Waals surface area contributed by atoms with Crippen LogP contribution in [0.5, 0.6) is 0 Å². The van der Waals surface area contributed by atoms with Gasteiger partial charge in [-0.05, 0) is 49.9 Å². The highest BCUT2D eigenvalue weighted by Gasteiger charge is 2.53. The van der Waals surface area contributed by atoms with E-state index in [2.05, 4.69) is 18.3 Å². The first-order valence-electron chi connectivity index (χ1n) is 8.33. The molecule has 1 unspecified atom stereocenters. The van der Waals surface area contributed by atoms with Crippen molar-refractivity contribution >= 4 is 24.2 Å². The molecule has 4 nitrogen and oxygen atoms in total. The molecule has 0 radical (unpaired) electrons. The average Bonchev–Trinajstić information content (AvgIpc) is 2.76. The van der Waals surface area contributed by atoms with E-state index < -0.39 is 5.41 Å². The number of aryl methyl sites for hydroxylation is 1. The molecule has 0 saturated carbocycles. The summed E-state index contributed by atoms with van der Waals surface area (Å²) in [4.78, 5) is 26.9. The Morgan fingerprint density at radius 3 is 2.83 bits per heavy atom. The van der Waals surface area contributed by atoms with Gasteiger partial charge >= 0.3 is 0 Å². The third-order valence-corrected chi connectivity index (χ3v) is 4.98. The van der Waals surface area contributed by atoms with Crippen LogP contribution in [0.3, 0.4) is 0 Å². The first-order valence-corrected chi connectivity index (χ1v) is 8.33. The largest absolute Gasteiger partial charge is 0.317 e. The van der Waals surface area contributed by atoms with Crippen LogP contribution in [0.15, 0.2) is 24.3 Å². The second-order valence-corrected chi connectivity index (χ2v) is 6.33. The van der Waals surface area contributed by atoms with Crippen molar-refractivity contribution in [1.29, 1.82) is 0 Å². The van der Waals surface area contributed by atoms with Crippen LogP contribution in [0, 0.1) is 0 Å². The van der Waals surface area contributed by atoms with E-state index in [0.717, 1.165) is 44.3 Å². The van der Waals surface area contributed by atoms with Gasteiger partial charge in [0.05, 0.1) is 5.41 Å². The van der Waals surface area contributed by atoms with E-state index in [4.69, 9.17) is 0 Å². The topological polar surface area (TPSA) is 49.4 Å². The van der Waals surface area contributed by atoms with Gasteiger partial charge in [0.1, 0.15) is 0 Å². The van der Waals surface area contributed by atoms with E-state index in [-0.39, 0.29) is 24.2 Å². The van der Waals surface area contributed by atoms with Gasteiger partial charge in [-0.25, -0.2) is 0 Å². The fourth-order valence-corrected chi connectivity index (χ4v) is 3.89. The summed E-state index contributed by atoms with van der Waals surface area (Å²) in [6.07, 6.45) is 3.98. The normalized spacial score (nSPS) is 23.1. The van der Waals surface area contributed by atoms with Crippen LogP contribution in [-0.4, -0.2) is 36.3 Å². The monoisotopic (exact) mass is 336 g/mol. The predicted molar refractivity (Wildman–Crippen MR) is 92.8 cm³/mol. The Morgan fingerprint density at radius 2 is 2.04 bits per heavy atom. The van der Waals surface area contributed by atoms with Gasteiger partial charge in [-0.3, -0.25) is 14.5 Å². The van der Waals surface area contributed by atoms with Crippen molar-refractivity contribution in [1.82, 2.24) is 10.2 Å². The second kappa shape index (κ2) is 7.45. The zero-order valence-electron chi connectivity index (χ0n) is 13.6. The molecule has 1 aliphatic heterocycles. The van der Waals surface area contributed by atoms with Crippen molar-refractivity contribution in [3.63, 3.8) is 0 Å². The predicted octanol–water partition coefficient (Wildman–Crippen LogP) is 2.44. The van der Waals surface area contributed by atoms with Gasteiger partial charge in [-0.15, -0.1) is 12.4 Å². The molecule has 126 valence electrons. The Labute approximate surface area is 144 Å².